The van der Waals surface area contributed by atoms with Crippen LogP contribution in [0.3, 0.4) is 0 Å². The molecule has 1 aliphatic heterocycles. The van der Waals surface area contributed by atoms with Crippen molar-refractivity contribution in [2.75, 3.05) is 6.61 Å². The number of carbonyl (C=O) groups excluding carboxylic acids is 1. The molecule has 1 aromatic carbocycles. The van der Waals surface area contributed by atoms with E-state index >= 15 is 0 Å². The Morgan fingerprint density at radius 1 is 1.36 bits per heavy atom. The predicted octanol–water partition coefficient (Wildman–Crippen LogP) is 2.96. The Morgan fingerprint density at radius 2 is 2.20 bits per heavy atom. The largest absolute Gasteiger partial charge is 0.619 e. The van der Waals surface area contributed by atoms with E-state index in [1.807, 2.05) is 24.3 Å². The highest BCUT2D eigenvalue weighted by atomic mass is 32.2. The van der Waals surface area contributed by atoms with Crippen molar-refractivity contribution in [1.82, 2.24) is 9.78 Å². The lowest BCUT2D eigenvalue weighted by Crippen LogP contribution is -2.25. The fraction of sp³-hybridized carbons (Fsp3) is 0.167. The van der Waals surface area contributed by atoms with Gasteiger partial charge in [-0.25, -0.2) is 9.48 Å². The first kappa shape index (κ1) is 15.7. The summed E-state index contributed by atoms with van der Waals surface area (Å²) in [4.78, 5) is 13.5. The lowest BCUT2D eigenvalue weighted by Gasteiger charge is -2.17. The summed E-state index contributed by atoms with van der Waals surface area (Å²) in [6.45, 7) is 2.05. The van der Waals surface area contributed by atoms with Crippen molar-refractivity contribution in [1.29, 1.82) is 0 Å². The van der Waals surface area contributed by atoms with Gasteiger partial charge in [0.05, 0.1) is 12.3 Å². The molecule has 0 fully saturated rings. The van der Waals surface area contributed by atoms with Crippen LogP contribution < -0.4 is 4.73 Å². The van der Waals surface area contributed by atoms with E-state index in [0.29, 0.717) is 17.1 Å². The molecule has 3 aromatic rings. The third-order valence-electron chi connectivity index (χ3n) is 3.97. The van der Waals surface area contributed by atoms with Crippen molar-refractivity contribution in [3.63, 3.8) is 0 Å². The van der Waals surface area contributed by atoms with E-state index in [-0.39, 0.29) is 6.61 Å². The number of hydrogen-bond acceptors (Lipinski definition) is 5. The Bertz CT molecular complexity index is 968. The maximum Gasteiger partial charge on any atom is 0.359 e. The SMILES string of the molecule is CCOC(=O)c1nn(-c2ccc[n+]([O-])c2)c2c1CSc1ccccc1-2. The van der Waals surface area contributed by atoms with Crippen LogP contribution in [0.1, 0.15) is 23.0 Å². The van der Waals surface area contributed by atoms with Crippen molar-refractivity contribution >= 4 is 17.7 Å². The molecule has 0 spiro atoms. The highest BCUT2D eigenvalue weighted by molar-refractivity contribution is 7.98. The van der Waals surface area contributed by atoms with Gasteiger partial charge in [0.25, 0.3) is 0 Å². The Hall–Kier alpha value is -2.80. The molecule has 0 radical (unpaired) electrons. The Balaban J connectivity index is 1.98. The number of aromatic nitrogens is 3. The van der Waals surface area contributed by atoms with Gasteiger partial charge >= 0.3 is 5.97 Å². The van der Waals surface area contributed by atoms with Crippen LogP contribution in [0.5, 0.6) is 0 Å². The standard InChI is InChI=1S/C18H15N3O3S/c1-2-24-18(22)16-14-11-25-15-8-4-3-7-13(15)17(14)21(19-16)12-6-5-9-20(23)10-12/h3-10H,2,11H2,1H3. The number of rotatable bonds is 3. The number of nitrogens with zero attached hydrogens (tertiary/aromatic N) is 3. The molecule has 1 aliphatic rings. The van der Waals surface area contributed by atoms with Crippen LogP contribution in [-0.4, -0.2) is 22.4 Å². The van der Waals surface area contributed by atoms with E-state index in [1.165, 1.54) is 12.4 Å². The van der Waals surface area contributed by atoms with Crippen LogP contribution in [0.25, 0.3) is 16.9 Å². The fourth-order valence-electron chi connectivity index (χ4n) is 2.92. The van der Waals surface area contributed by atoms with Gasteiger partial charge in [0.15, 0.2) is 11.9 Å². The van der Waals surface area contributed by atoms with Crippen LogP contribution >= 0.6 is 11.8 Å². The topological polar surface area (TPSA) is 71.1 Å². The molecule has 0 N–H and O–H groups in total. The summed E-state index contributed by atoms with van der Waals surface area (Å²) < 4.78 is 7.54. The number of fused-ring (bicyclic) bond motifs is 3. The van der Waals surface area contributed by atoms with Crippen LogP contribution in [-0.2, 0) is 10.5 Å². The molecule has 7 heteroatoms. The molecule has 0 aliphatic carbocycles. The Labute approximate surface area is 148 Å². The first-order valence-corrected chi connectivity index (χ1v) is 8.88. The molecular weight excluding hydrogens is 338 g/mol. The van der Waals surface area contributed by atoms with Crippen LogP contribution in [0.15, 0.2) is 53.7 Å². The summed E-state index contributed by atoms with van der Waals surface area (Å²) in [6, 6.07) is 11.4. The van der Waals surface area contributed by atoms with E-state index in [9.17, 15) is 10.0 Å². The van der Waals surface area contributed by atoms with E-state index in [2.05, 4.69) is 5.10 Å². The number of hydrogen-bond donors (Lipinski definition) is 0. The zero-order valence-corrected chi connectivity index (χ0v) is 14.3. The number of ether oxygens (including phenoxy) is 1. The number of thioether (sulfide) groups is 1. The summed E-state index contributed by atoms with van der Waals surface area (Å²) in [5, 5.41) is 16.2. The molecule has 126 valence electrons. The zero-order valence-electron chi connectivity index (χ0n) is 13.5. The minimum Gasteiger partial charge on any atom is -0.619 e. The quantitative estimate of drug-likeness (QED) is 0.411. The van der Waals surface area contributed by atoms with E-state index < -0.39 is 5.97 Å². The molecule has 0 saturated carbocycles. The van der Waals surface area contributed by atoms with Crippen molar-refractivity contribution in [2.45, 2.75) is 17.6 Å². The lowest BCUT2D eigenvalue weighted by molar-refractivity contribution is -0.605. The Morgan fingerprint density at radius 3 is 3.00 bits per heavy atom. The summed E-state index contributed by atoms with van der Waals surface area (Å²) in [5.41, 5.74) is 3.58. The molecule has 3 heterocycles. The minimum atomic E-state index is -0.441. The van der Waals surface area contributed by atoms with Gasteiger partial charge in [-0.05, 0) is 19.1 Å². The molecule has 4 rings (SSSR count). The van der Waals surface area contributed by atoms with E-state index in [1.54, 1.807) is 35.5 Å². The van der Waals surface area contributed by atoms with Crippen molar-refractivity contribution < 1.29 is 14.3 Å². The van der Waals surface area contributed by atoms with Gasteiger partial charge in [-0.2, -0.15) is 9.83 Å². The molecule has 2 aromatic heterocycles. The summed E-state index contributed by atoms with van der Waals surface area (Å²) in [7, 11) is 0. The second-order valence-electron chi connectivity index (χ2n) is 5.51. The molecule has 0 unspecified atom stereocenters. The molecule has 0 saturated heterocycles. The molecule has 0 amide bonds. The maximum absolute atomic E-state index is 12.4. The molecule has 0 atom stereocenters. The predicted molar refractivity (Wildman–Crippen MR) is 93.5 cm³/mol. The summed E-state index contributed by atoms with van der Waals surface area (Å²) >= 11 is 1.66. The molecule has 0 bridgehead atoms. The molecule has 6 nitrogen and oxygen atoms in total. The van der Waals surface area contributed by atoms with Crippen molar-refractivity contribution in [3.05, 3.63) is 65.3 Å². The first-order chi connectivity index (χ1) is 12.2. The van der Waals surface area contributed by atoms with Crippen LogP contribution in [0, 0.1) is 5.21 Å². The minimum absolute atomic E-state index is 0.288. The monoisotopic (exact) mass is 353 g/mol. The second-order valence-corrected chi connectivity index (χ2v) is 6.53. The van der Waals surface area contributed by atoms with Crippen LogP contribution in [0.2, 0.25) is 0 Å². The van der Waals surface area contributed by atoms with Crippen molar-refractivity contribution in [3.8, 4) is 16.9 Å². The molecule has 25 heavy (non-hydrogen) atoms. The van der Waals surface area contributed by atoms with Gasteiger partial charge in [0.2, 0.25) is 6.20 Å². The molecular formula is C18H15N3O3S. The van der Waals surface area contributed by atoms with Gasteiger partial charge in [0.1, 0.15) is 5.69 Å². The van der Waals surface area contributed by atoms with Gasteiger partial charge in [0, 0.05) is 27.8 Å². The third-order valence-corrected chi connectivity index (χ3v) is 5.07. The number of esters is 1. The average molecular weight is 353 g/mol. The summed E-state index contributed by atoms with van der Waals surface area (Å²) in [6.07, 6.45) is 2.85. The highest BCUT2D eigenvalue weighted by Crippen LogP contribution is 2.43. The Kier molecular flexibility index (Phi) is 3.93. The number of benzene rings is 1. The average Bonchev–Trinajstić information content (AvgIpc) is 3.02. The maximum atomic E-state index is 12.4. The first-order valence-electron chi connectivity index (χ1n) is 7.89. The van der Waals surface area contributed by atoms with Gasteiger partial charge in [-0.1, -0.05) is 18.2 Å². The van der Waals surface area contributed by atoms with Gasteiger partial charge in [-0.15, -0.1) is 11.8 Å². The lowest BCUT2D eigenvalue weighted by atomic mass is 10.1. The normalized spacial score (nSPS) is 12.4. The summed E-state index contributed by atoms with van der Waals surface area (Å²) in [5.74, 6) is 0.188. The zero-order chi connectivity index (χ0) is 17.4. The highest BCUT2D eigenvalue weighted by Gasteiger charge is 2.30. The van der Waals surface area contributed by atoms with E-state index in [4.69, 9.17) is 4.74 Å². The van der Waals surface area contributed by atoms with Crippen molar-refractivity contribution in [2.24, 2.45) is 0 Å². The smallest absolute Gasteiger partial charge is 0.359 e. The third kappa shape index (κ3) is 2.66. The van der Waals surface area contributed by atoms with Crippen LogP contribution in [0.4, 0.5) is 0 Å². The fourth-order valence-corrected chi connectivity index (χ4v) is 3.99. The van der Waals surface area contributed by atoms with Gasteiger partial charge < -0.3 is 9.94 Å². The van der Waals surface area contributed by atoms with Gasteiger partial charge in [-0.3, -0.25) is 0 Å². The number of carbonyl (C=O) groups is 1. The van der Waals surface area contributed by atoms with E-state index in [0.717, 1.165) is 26.4 Å². The second kappa shape index (κ2) is 6.25. The number of pyridine rings is 1.